The molecule has 44 heavy (non-hydrogen) atoms. The van der Waals surface area contributed by atoms with Gasteiger partial charge in [0.2, 0.25) is 5.78 Å². The molecule has 8 N–H and O–H groups in total. The number of urea groups is 1. The fourth-order valence-corrected chi connectivity index (χ4v) is 6.77. The SMILES string of the molecule is CN(C)c1cc(NC(=O)Nc2cccc3ccccc23)c(O)c2c1C[C@H]1C[C@H]3CC(O)=C(C(N)=O)C(=O)[C@@]3(O)C(O)=C1C2=O. The number of nitrogens with one attached hydrogen (secondary N) is 2. The quantitative estimate of drug-likeness (QED) is 0.173. The number of carbonyl (C=O) groups is 4. The highest BCUT2D eigenvalue weighted by Gasteiger charge is 2.59. The van der Waals surface area contributed by atoms with E-state index in [1.807, 2.05) is 30.3 Å². The lowest BCUT2D eigenvalue weighted by Gasteiger charge is -2.45. The van der Waals surface area contributed by atoms with Crippen molar-refractivity contribution in [3.8, 4) is 5.75 Å². The van der Waals surface area contributed by atoms with Crippen molar-refractivity contribution in [2.24, 2.45) is 17.6 Å². The number of hydrogen-bond acceptors (Lipinski definition) is 9. The van der Waals surface area contributed by atoms with E-state index in [2.05, 4.69) is 10.6 Å². The zero-order valence-electron chi connectivity index (χ0n) is 23.8. The molecule has 0 spiro atoms. The van der Waals surface area contributed by atoms with E-state index in [0.29, 0.717) is 16.9 Å². The number of ketones is 2. The minimum Gasteiger partial charge on any atom is -0.511 e. The molecular weight excluding hydrogens is 568 g/mol. The summed E-state index contributed by atoms with van der Waals surface area (Å²) in [4.78, 5) is 54.0. The molecule has 3 aliphatic carbocycles. The van der Waals surface area contributed by atoms with Crippen molar-refractivity contribution in [2.75, 3.05) is 29.6 Å². The predicted octanol–water partition coefficient (Wildman–Crippen LogP) is 3.44. The summed E-state index contributed by atoms with van der Waals surface area (Å²) in [5.41, 5.74) is 2.69. The standard InChI is InChI=1S/C32H30N4O8/c1-36(2)21-13-20(35-31(43)34-19-9-5-7-14-6-3-4-8-17(14)19)26(38)24-18(21)11-15-10-16-12-22(37)25(30(33)42)29(41)32(16,44)28(40)23(15)27(24)39/h3-9,13,15-16,37-38,40,44H,10-12H2,1-2H3,(H2,33,42)(H2,34,35,43)/t15-,16+,32+/m1/s1. The van der Waals surface area contributed by atoms with Crippen molar-refractivity contribution in [1.82, 2.24) is 0 Å². The smallest absolute Gasteiger partial charge is 0.323 e. The normalized spacial score (nSPS) is 22.7. The number of phenolic OH excluding ortho intramolecular Hbond substituents is 1. The second kappa shape index (κ2) is 10.1. The highest BCUT2D eigenvalue weighted by molar-refractivity contribution is 6.24. The van der Waals surface area contributed by atoms with E-state index in [-0.39, 0.29) is 36.1 Å². The number of benzene rings is 3. The lowest BCUT2D eigenvalue weighted by Crippen LogP contribution is -2.57. The average Bonchev–Trinajstić information content (AvgIpc) is 2.96. The number of nitrogens with zero attached hydrogens (tertiary/aromatic N) is 1. The Hall–Kier alpha value is -5.36. The van der Waals surface area contributed by atoms with Gasteiger partial charge in [-0.05, 0) is 41.8 Å². The van der Waals surface area contributed by atoms with Gasteiger partial charge in [-0.2, -0.15) is 0 Å². The highest BCUT2D eigenvalue weighted by Crippen LogP contribution is 2.53. The lowest BCUT2D eigenvalue weighted by atomic mass is 9.60. The van der Waals surface area contributed by atoms with Gasteiger partial charge in [0.1, 0.15) is 17.1 Å². The lowest BCUT2D eigenvalue weighted by molar-refractivity contribution is -0.144. The van der Waals surface area contributed by atoms with E-state index in [0.717, 1.165) is 10.8 Å². The monoisotopic (exact) mass is 598 g/mol. The number of phenols is 1. The minimum atomic E-state index is -2.66. The number of anilines is 3. The molecule has 3 atom stereocenters. The Kier molecular flexibility index (Phi) is 6.62. The Morgan fingerprint density at radius 3 is 2.36 bits per heavy atom. The molecule has 3 aromatic carbocycles. The van der Waals surface area contributed by atoms with Gasteiger partial charge in [0.05, 0.1) is 16.9 Å². The van der Waals surface area contributed by atoms with Crippen LogP contribution >= 0.6 is 0 Å². The van der Waals surface area contributed by atoms with Gasteiger partial charge in [-0.1, -0.05) is 36.4 Å². The summed E-state index contributed by atoms with van der Waals surface area (Å²) in [6.45, 7) is 0. The molecule has 0 bridgehead atoms. The first-order valence-electron chi connectivity index (χ1n) is 13.9. The number of amides is 3. The van der Waals surface area contributed by atoms with Crippen molar-refractivity contribution in [3.05, 3.63) is 82.3 Å². The fraction of sp³-hybridized carbons (Fsp3) is 0.250. The van der Waals surface area contributed by atoms with Crippen LogP contribution in [0.2, 0.25) is 0 Å². The van der Waals surface area contributed by atoms with Crippen LogP contribution in [0, 0.1) is 11.8 Å². The van der Waals surface area contributed by atoms with Crippen LogP contribution in [-0.2, 0) is 16.0 Å². The molecular formula is C32H30N4O8. The Morgan fingerprint density at radius 2 is 1.66 bits per heavy atom. The Labute approximate surface area is 251 Å². The number of allylic oxidation sites excluding steroid dienone is 2. The molecule has 0 unspecified atom stereocenters. The first kappa shape index (κ1) is 28.7. The number of nitrogens with two attached hydrogens (primary N) is 1. The van der Waals surface area contributed by atoms with Gasteiger partial charge >= 0.3 is 6.03 Å². The fourth-order valence-electron chi connectivity index (χ4n) is 6.77. The number of rotatable bonds is 4. The molecule has 0 heterocycles. The first-order valence-corrected chi connectivity index (χ1v) is 13.9. The highest BCUT2D eigenvalue weighted by atomic mass is 16.3. The zero-order valence-corrected chi connectivity index (χ0v) is 23.8. The maximum atomic E-state index is 14.0. The molecule has 226 valence electrons. The number of primary amides is 1. The second-order valence-electron chi connectivity index (χ2n) is 11.6. The van der Waals surface area contributed by atoms with Crippen LogP contribution < -0.4 is 21.3 Å². The molecule has 3 aromatic rings. The summed E-state index contributed by atoms with van der Waals surface area (Å²) in [6.07, 6.45) is -0.155. The Balaban J connectivity index is 1.41. The maximum absolute atomic E-state index is 14.0. The number of aliphatic hydroxyl groups is 3. The van der Waals surface area contributed by atoms with Gasteiger partial charge in [0.25, 0.3) is 5.91 Å². The van der Waals surface area contributed by atoms with Crippen molar-refractivity contribution in [3.63, 3.8) is 0 Å². The van der Waals surface area contributed by atoms with Crippen LogP contribution in [0.5, 0.6) is 5.75 Å². The topological polar surface area (TPSA) is 203 Å². The van der Waals surface area contributed by atoms with Crippen LogP contribution in [0.1, 0.15) is 28.8 Å². The molecule has 3 aliphatic rings. The van der Waals surface area contributed by atoms with E-state index in [9.17, 15) is 39.6 Å². The van der Waals surface area contributed by atoms with Gasteiger partial charge in [0.15, 0.2) is 17.1 Å². The molecule has 0 aromatic heterocycles. The second-order valence-corrected chi connectivity index (χ2v) is 11.6. The molecule has 0 aliphatic heterocycles. The third-order valence-electron chi connectivity index (χ3n) is 8.81. The molecule has 0 radical (unpaired) electrons. The molecule has 12 heteroatoms. The van der Waals surface area contributed by atoms with Crippen LogP contribution in [0.4, 0.5) is 21.9 Å². The van der Waals surface area contributed by atoms with Crippen LogP contribution in [-0.4, -0.2) is 63.6 Å². The van der Waals surface area contributed by atoms with E-state index >= 15 is 0 Å². The number of aliphatic hydroxyl groups excluding tert-OH is 2. The van der Waals surface area contributed by atoms with Crippen LogP contribution in [0.3, 0.4) is 0 Å². The number of aromatic hydroxyl groups is 1. The van der Waals surface area contributed by atoms with Crippen molar-refractivity contribution >= 4 is 51.3 Å². The zero-order chi connectivity index (χ0) is 31.7. The molecule has 3 amide bonds. The van der Waals surface area contributed by atoms with Gasteiger partial charge in [-0.25, -0.2) is 4.79 Å². The van der Waals surface area contributed by atoms with Gasteiger partial charge in [-0.3, -0.25) is 14.4 Å². The predicted molar refractivity (Wildman–Crippen MR) is 162 cm³/mol. The summed E-state index contributed by atoms with van der Waals surface area (Å²) in [7, 11) is 3.46. The summed E-state index contributed by atoms with van der Waals surface area (Å²) in [6, 6.07) is 13.7. The van der Waals surface area contributed by atoms with E-state index in [1.165, 1.54) is 6.07 Å². The van der Waals surface area contributed by atoms with E-state index in [1.54, 1.807) is 31.1 Å². The van der Waals surface area contributed by atoms with Crippen LogP contribution in [0.15, 0.2) is 71.2 Å². The Bertz CT molecular complexity index is 1870. The number of fused-ring (bicyclic) bond motifs is 4. The molecule has 0 fully saturated rings. The minimum absolute atomic E-state index is 0.0178. The molecule has 0 saturated carbocycles. The Morgan fingerprint density at radius 1 is 0.977 bits per heavy atom. The van der Waals surface area contributed by atoms with Gasteiger partial charge in [-0.15, -0.1) is 0 Å². The maximum Gasteiger partial charge on any atom is 0.323 e. The largest absolute Gasteiger partial charge is 0.511 e. The van der Waals surface area contributed by atoms with Crippen molar-refractivity contribution < 1.29 is 39.6 Å². The molecule has 0 saturated heterocycles. The first-order chi connectivity index (χ1) is 20.8. The molecule has 6 rings (SSSR count). The van der Waals surface area contributed by atoms with Crippen molar-refractivity contribution in [1.29, 1.82) is 0 Å². The number of Topliss-reactive ketones (excluding diaryl/α,β-unsaturated/α-hetero) is 2. The summed E-state index contributed by atoms with van der Waals surface area (Å²) in [5, 5.41) is 51.6. The average molecular weight is 599 g/mol. The molecule has 12 nitrogen and oxygen atoms in total. The van der Waals surface area contributed by atoms with E-state index in [4.69, 9.17) is 5.73 Å². The third-order valence-corrected chi connectivity index (χ3v) is 8.81. The summed E-state index contributed by atoms with van der Waals surface area (Å²) >= 11 is 0. The van der Waals surface area contributed by atoms with E-state index < -0.39 is 63.8 Å². The van der Waals surface area contributed by atoms with Gasteiger partial charge < -0.3 is 41.7 Å². The number of carbonyl (C=O) groups excluding carboxylic acids is 4. The van der Waals surface area contributed by atoms with Crippen molar-refractivity contribution in [2.45, 2.75) is 24.9 Å². The summed E-state index contributed by atoms with van der Waals surface area (Å²) in [5.74, 6) is -7.19. The van der Waals surface area contributed by atoms with Crippen LogP contribution in [0.25, 0.3) is 10.8 Å². The van der Waals surface area contributed by atoms with Gasteiger partial charge in [0, 0.05) is 43.1 Å². The summed E-state index contributed by atoms with van der Waals surface area (Å²) < 4.78 is 0. The third kappa shape index (κ3) is 4.17. The number of hydrogen-bond donors (Lipinski definition) is 7.